The Morgan fingerprint density at radius 2 is 2.04 bits per heavy atom. The Labute approximate surface area is 145 Å². The van der Waals surface area contributed by atoms with E-state index in [1.54, 1.807) is 18.6 Å². The third-order valence-electron chi connectivity index (χ3n) is 7.27. The predicted molar refractivity (Wildman–Crippen MR) is 97.3 cm³/mol. The number of fused-ring (bicyclic) bond motifs is 5. The van der Waals surface area contributed by atoms with Crippen LogP contribution < -0.4 is 0 Å². The molecule has 4 rings (SSSR count). The fourth-order valence-electron chi connectivity index (χ4n) is 6.14. The van der Waals surface area contributed by atoms with Crippen LogP contribution in [0.4, 0.5) is 4.39 Å². The average Bonchev–Trinajstić information content (AvgIpc) is 2.92. The molecule has 2 saturated carbocycles. The summed E-state index contributed by atoms with van der Waals surface area (Å²) in [6, 6.07) is 3.84. The SMILES string of the molecule is CC#Cc1cc2c(cc1F)CCC1C2CCC2(C)/C(=C\C)CCC12. The lowest BCUT2D eigenvalue weighted by molar-refractivity contribution is 0.0813. The highest BCUT2D eigenvalue weighted by atomic mass is 19.1. The molecule has 0 aliphatic heterocycles. The van der Waals surface area contributed by atoms with Gasteiger partial charge in [-0.25, -0.2) is 4.39 Å². The topological polar surface area (TPSA) is 0 Å². The molecule has 0 radical (unpaired) electrons. The van der Waals surface area contributed by atoms with E-state index in [0.717, 1.165) is 18.3 Å². The maximum Gasteiger partial charge on any atom is 0.139 e. The van der Waals surface area contributed by atoms with E-state index in [2.05, 4.69) is 37.8 Å². The molecular weight excluding hydrogens is 295 g/mol. The molecule has 1 aromatic rings. The molecule has 3 aliphatic carbocycles. The molecule has 1 heteroatoms. The van der Waals surface area contributed by atoms with E-state index < -0.39 is 0 Å². The first kappa shape index (κ1) is 15.9. The smallest absolute Gasteiger partial charge is 0.139 e. The van der Waals surface area contributed by atoms with E-state index in [4.69, 9.17) is 0 Å². The third-order valence-corrected chi connectivity index (χ3v) is 7.27. The summed E-state index contributed by atoms with van der Waals surface area (Å²) in [6.45, 7) is 6.50. The molecule has 0 nitrogen and oxygen atoms in total. The summed E-state index contributed by atoms with van der Waals surface area (Å²) in [6.07, 6.45) is 9.79. The zero-order valence-corrected chi connectivity index (χ0v) is 15.1. The van der Waals surface area contributed by atoms with Gasteiger partial charge >= 0.3 is 0 Å². The van der Waals surface area contributed by atoms with Crippen molar-refractivity contribution in [1.29, 1.82) is 0 Å². The molecular formula is C23H27F. The van der Waals surface area contributed by atoms with Gasteiger partial charge in [-0.3, -0.25) is 0 Å². The van der Waals surface area contributed by atoms with Gasteiger partial charge in [0.2, 0.25) is 0 Å². The molecule has 0 aromatic heterocycles. The van der Waals surface area contributed by atoms with Crippen molar-refractivity contribution in [1.82, 2.24) is 0 Å². The van der Waals surface area contributed by atoms with Crippen LogP contribution in [0, 0.1) is 34.9 Å². The first-order valence-electron chi connectivity index (χ1n) is 9.49. The molecule has 126 valence electrons. The molecule has 3 aliphatic rings. The van der Waals surface area contributed by atoms with Crippen molar-refractivity contribution in [3.05, 3.63) is 46.3 Å². The zero-order chi connectivity index (χ0) is 16.9. The van der Waals surface area contributed by atoms with Crippen LogP contribution in [0.5, 0.6) is 0 Å². The molecule has 0 saturated heterocycles. The zero-order valence-electron chi connectivity index (χ0n) is 15.1. The molecule has 4 unspecified atom stereocenters. The number of hydrogen-bond donors (Lipinski definition) is 0. The van der Waals surface area contributed by atoms with Gasteiger partial charge in [0.1, 0.15) is 5.82 Å². The minimum atomic E-state index is -0.140. The van der Waals surface area contributed by atoms with E-state index >= 15 is 0 Å². The summed E-state index contributed by atoms with van der Waals surface area (Å²) in [5, 5.41) is 0. The van der Waals surface area contributed by atoms with Gasteiger partial charge < -0.3 is 0 Å². The number of hydrogen-bond acceptors (Lipinski definition) is 0. The Bertz CT molecular complexity index is 760. The van der Waals surface area contributed by atoms with Crippen molar-refractivity contribution in [3.8, 4) is 11.8 Å². The van der Waals surface area contributed by atoms with Crippen LogP contribution in [0.2, 0.25) is 0 Å². The minimum Gasteiger partial charge on any atom is -0.206 e. The predicted octanol–water partition coefficient (Wildman–Crippen LogP) is 6.00. The molecule has 0 heterocycles. The van der Waals surface area contributed by atoms with Crippen LogP contribution in [-0.2, 0) is 6.42 Å². The average molecular weight is 322 g/mol. The second-order valence-electron chi connectivity index (χ2n) is 8.13. The molecule has 2 fully saturated rings. The number of halogens is 1. The largest absolute Gasteiger partial charge is 0.206 e. The van der Waals surface area contributed by atoms with Gasteiger partial charge in [-0.15, -0.1) is 5.92 Å². The summed E-state index contributed by atoms with van der Waals surface area (Å²) >= 11 is 0. The van der Waals surface area contributed by atoms with Crippen LogP contribution in [0.25, 0.3) is 0 Å². The number of allylic oxidation sites excluding steroid dienone is 2. The van der Waals surface area contributed by atoms with Gasteiger partial charge in [0.25, 0.3) is 0 Å². The van der Waals surface area contributed by atoms with Crippen molar-refractivity contribution >= 4 is 0 Å². The number of aryl methyl sites for hydroxylation is 1. The fourth-order valence-corrected chi connectivity index (χ4v) is 6.14. The van der Waals surface area contributed by atoms with Gasteiger partial charge in [-0.2, -0.15) is 0 Å². The van der Waals surface area contributed by atoms with E-state index in [-0.39, 0.29) is 5.82 Å². The van der Waals surface area contributed by atoms with Crippen molar-refractivity contribution in [2.45, 2.75) is 65.2 Å². The molecule has 0 spiro atoms. The van der Waals surface area contributed by atoms with Gasteiger partial charge in [-0.1, -0.05) is 24.5 Å². The Morgan fingerprint density at radius 1 is 1.21 bits per heavy atom. The molecule has 0 amide bonds. The second kappa shape index (κ2) is 5.76. The van der Waals surface area contributed by atoms with Crippen LogP contribution in [0.3, 0.4) is 0 Å². The number of rotatable bonds is 0. The molecule has 24 heavy (non-hydrogen) atoms. The highest BCUT2D eigenvalue weighted by Crippen LogP contribution is 2.62. The summed E-state index contributed by atoms with van der Waals surface area (Å²) in [7, 11) is 0. The van der Waals surface area contributed by atoms with Gasteiger partial charge in [0.15, 0.2) is 0 Å². The lowest BCUT2D eigenvalue weighted by Crippen LogP contribution is -2.40. The summed E-state index contributed by atoms with van der Waals surface area (Å²) in [5.74, 6) is 7.86. The van der Waals surface area contributed by atoms with Gasteiger partial charge in [0, 0.05) is 0 Å². The number of benzene rings is 1. The Balaban J connectivity index is 1.74. The molecule has 0 N–H and O–H groups in total. The normalized spacial score (nSPS) is 35.7. The van der Waals surface area contributed by atoms with Crippen LogP contribution in [0.15, 0.2) is 23.8 Å². The summed E-state index contributed by atoms with van der Waals surface area (Å²) in [4.78, 5) is 0. The Morgan fingerprint density at radius 3 is 2.79 bits per heavy atom. The van der Waals surface area contributed by atoms with Gasteiger partial charge in [0.05, 0.1) is 5.56 Å². The first-order chi connectivity index (χ1) is 11.6. The fraction of sp³-hybridized carbons (Fsp3) is 0.565. The Hall–Kier alpha value is -1.55. The monoisotopic (exact) mass is 322 g/mol. The Kier molecular flexibility index (Phi) is 3.83. The standard InChI is InChI=1S/C23H27F/c1-4-6-16-13-20-15(14-22(16)24)7-9-19-18(20)11-12-23(3)17(5-2)8-10-21(19)23/h5,13-14,18-19,21H,7-12H2,1-3H3/b17-5-. The van der Waals surface area contributed by atoms with Crippen molar-refractivity contribution in [2.75, 3.05) is 0 Å². The van der Waals surface area contributed by atoms with Crippen molar-refractivity contribution in [3.63, 3.8) is 0 Å². The van der Waals surface area contributed by atoms with Gasteiger partial charge in [-0.05, 0) is 98.8 Å². The van der Waals surface area contributed by atoms with Crippen LogP contribution in [0.1, 0.15) is 75.5 Å². The van der Waals surface area contributed by atoms with E-state index in [1.165, 1.54) is 43.2 Å². The maximum atomic E-state index is 14.3. The van der Waals surface area contributed by atoms with Crippen LogP contribution >= 0.6 is 0 Å². The molecule has 4 atom stereocenters. The van der Waals surface area contributed by atoms with E-state index in [9.17, 15) is 4.39 Å². The van der Waals surface area contributed by atoms with Crippen molar-refractivity contribution in [2.24, 2.45) is 17.3 Å². The van der Waals surface area contributed by atoms with Crippen LogP contribution in [-0.4, -0.2) is 0 Å². The van der Waals surface area contributed by atoms with Crippen molar-refractivity contribution < 1.29 is 4.39 Å². The third kappa shape index (κ3) is 2.19. The van der Waals surface area contributed by atoms with E-state index in [0.29, 0.717) is 16.9 Å². The highest BCUT2D eigenvalue weighted by Gasteiger charge is 2.52. The highest BCUT2D eigenvalue weighted by molar-refractivity contribution is 5.45. The minimum absolute atomic E-state index is 0.140. The first-order valence-corrected chi connectivity index (χ1v) is 9.49. The quantitative estimate of drug-likeness (QED) is 0.406. The summed E-state index contributed by atoms with van der Waals surface area (Å²) in [5.41, 5.74) is 5.34. The lowest BCUT2D eigenvalue weighted by Gasteiger charge is -2.49. The summed E-state index contributed by atoms with van der Waals surface area (Å²) < 4.78 is 14.3. The maximum absolute atomic E-state index is 14.3. The molecule has 1 aromatic carbocycles. The van der Waals surface area contributed by atoms with E-state index in [1.807, 2.05) is 0 Å². The molecule has 0 bridgehead atoms. The second-order valence-corrected chi connectivity index (χ2v) is 8.13. The lowest BCUT2D eigenvalue weighted by atomic mass is 9.55.